The van der Waals surface area contributed by atoms with Gasteiger partial charge in [0, 0.05) is 0 Å². The average Bonchev–Trinajstić information content (AvgIpc) is 3.23. The second-order valence-corrected chi connectivity index (χ2v) is 7.72. The van der Waals surface area contributed by atoms with E-state index in [1.165, 1.54) is 4.90 Å². The molecule has 1 fully saturated rings. The predicted octanol–water partition coefficient (Wildman–Crippen LogP) is 1.40. The highest BCUT2D eigenvalue weighted by Gasteiger charge is 2.25. The lowest BCUT2D eigenvalue weighted by atomic mass is 10.1. The van der Waals surface area contributed by atoms with Gasteiger partial charge < -0.3 is 29.3 Å². The third kappa shape index (κ3) is 4.62. The molecular formula is C23H30N3O4+. The van der Waals surface area contributed by atoms with Crippen molar-refractivity contribution in [3.63, 3.8) is 0 Å². The van der Waals surface area contributed by atoms with Crippen molar-refractivity contribution in [3.05, 3.63) is 48.0 Å². The van der Waals surface area contributed by atoms with Crippen LogP contribution in [-0.2, 0) is 4.79 Å². The highest BCUT2D eigenvalue weighted by Crippen LogP contribution is 2.34. The number of nitrogens with one attached hydrogen (secondary N) is 2. The number of carbonyl (C=O) groups excluding carboxylic acids is 1. The van der Waals surface area contributed by atoms with Crippen molar-refractivity contribution in [1.29, 1.82) is 0 Å². The van der Waals surface area contributed by atoms with Crippen molar-refractivity contribution in [3.8, 4) is 17.2 Å². The number of piperazine rings is 1. The lowest BCUT2D eigenvalue weighted by Crippen LogP contribution is -3.15. The van der Waals surface area contributed by atoms with Crippen LogP contribution in [-0.4, -0.2) is 52.0 Å². The van der Waals surface area contributed by atoms with E-state index in [0.29, 0.717) is 13.2 Å². The topological polar surface area (TPSA) is 64.5 Å². The Labute approximate surface area is 177 Å². The number of anilines is 1. The van der Waals surface area contributed by atoms with Crippen LogP contribution in [0.4, 0.5) is 5.69 Å². The number of quaternary nitrogens is 1. The van der Waals surface area contributed by atoms with Gasteiger partial charge in [0.1, 0.15) is 5.75 Å². The summed E-state index contributed by atoms with van der Waals surface area (Å²) >= 11 is 0. The van der Waals surface area contributed by atoms with E-state index in [1.807, 2.05) is 50.2 Å². The number of ether oxygens (including phenoxy) is 3. The van der Waals surface area contributed by atoms with Gasteiger partial charge in [0.05, 0.1) is 44.5 Å². The number of benzene rings is 2. The van der Waals surface area contributed by atoms with Gasteiger partial charge in [-0.1, -0.05) is 18.2 Å². The fourth-order valence-electron chi connectivity index (χ4n) is 4.02. The SMILES string of the molecule is CCOc1ccccc1N1CC[NH+](CC(=O)N[C@@H](C)c2ccc3c(c2)OCO3)CC1. The molecule has 2 aliphatic rings. The first-order valence-corrected chi connectivity index (χ1v) is 10.6. The van der Waals surface area contributed by atoms with E-state index < -0.39 is 0 Å². The van der Waals surface area contributed by atoms with E-state index in [0.717, 1.165) is 54.7 Å². The molecule has 0 unspecified atom stereocenters. The zero-order valence-corrected chi connectivity index (χ0v) is 17.6. The van der Waals surface area contributed by atoms with E-state index in [-0.39, 0.29) is 18.7 Å². The number of rotatable bonds is 7. The molecule has 1 atom stereocenters. The van der Waals surface area contributed by atoms with Crippen molar-refractivity contribution in [2.75, 3.05) is 51.0 Å². The van der Waals surface area contributed by atoms with Crippen LogP contribution in [0.3, 0.4) is 0 Å². The first-order chi connectivity index (χ1) is 14.6. The van der Waals surface area contributed by atoms with E-state index >= 15 is 0 Å². The molecule has 1 saturated heterocycles. The fourth-order valence-corrected chi connectivity index (χ4v) is 4.02. The second kappa shape index (κ2) is 9.26. The number of carbonyl (C=O) groups is 1. The Bertz CT molecular complexity index is 881. The van der Waals surface area contributed by atoms with Gasteiger partial charge in [-0.25, -0.2) is 0 Å². The summed E-state index contributed by atoms with van der Waals surface area (Å²) in [6.45, 7) is 9.05. The van der Waals surface area contributed by atoms with Gasteiger partial charge in [-0.3, -0.25) is 4.79 Å². The molecule has 0 spiro atoms. The molecule has 7 heteroatoms. The molecule has 2 heterocycles. The van der Waals surface area contributed by atoms with Crippen LogP contribution in [0.2, 0.25) is 0 Å². The van der Waals surface area contributed by atoms with Crippen molar-refractivity contribution in [2.45, 2.75) is 19.9 Å². The van der Waals surface area contributed by atoms with Gasteiger partial charge in [0.15, 0.2) is 18.0 Å². The molecule has 0 saturated carbocycles. The molecule has 30 heavy (non-hydrogen) atoms. The van der Waals surface area contributed by atoms with Crippen LogP contribution in [0.1, 0.15) is 25.5 Å². The van der Waals surface area contributed by atoms with Crippen molar-refractivity contribution < 1.29 is 23.9 Å². The lowest BCUT2D eigenvalue weighted by molar-refractivity contribution is -0.892. The Balaban J connectivity index is 1.27. The Kier molecular flexibility index (Phi) is 6.28. The molecule has 4 rings (SSSR count). The van der Waals surface area contributed by atoms with Gasteiger partial charge in [-0.15, -0.1) is 0 Å². The molecule has 0 aliphatic carbocycles. The number of nitrogens with zero attached hydrogens (tertiary/aromatic N) is 1. The standard InChI is InChI=1S/C23H29N3O4/c1-3-28-20-7-5-4-6-19(20)26-12-10-25(11-13-26)15-23(27)24-17(2)18-8-9-21-22(14-18)30-16-29-21/h4-9,14,17H,3,10-13,15-16H2,1-2H3,(H,24,27)/p+1/t17-/m0/s1. The smallest absolute Gasteiger partial charge is 0.275 e. The van der Waals surface area contributed by atoms with E-state index in [1.54, 1.807) is 0 Å². The van der Waals surface area contributed by atoms with Crippen LogP contribution in [0, 0.1) is 0 Å². The van der Waals surface area contributed by atoms with Crippen molar-refractivity contribution in [1.82, 2.24) is 5.32 Å². The lowest BCUT2D eigenvalue weighted by Gasteiger charge is -2.34. The molecule has 2 aromatic rings. The molecule has 2 aliphatic heterocycles. The molecule has 1 amide bonds. The van der Waals surface area contributed by atoms with Crippen LogP contribution in [0.5, 0.6) is 17.2 Å². The maximum atomic E-state index is 12.6. The summed E-state index contributed by atoms with van der Waals surface area (Å²) in [5.41, 5.74) is 2.15. The number of hydrogen-bond donors (Lipinski definition) is 2. The molecule has 0 radical (unpaired) electrons. The van der Waals surface area contributed by atoms with Crippen LogP contribution < -0.4 is 29.3 Å². The number of fused-ring (bicyclic) bond motifs is 1. The van der Waals surface area contributed by atoms with Gasteiger partial charge in [0.2, 0.25) is 6.79 Å². The van der Waals surface area contributed by atoms with Crippen molar-refractivity contribution in [2.24, 2.45) is 0 Å². The highest BCUT2D eigenvalue weighted by molar-refractivity contribution is 5.77. The third-order valence-corrected chi connectivity index (χ3v) is 5.66. The minimum Gasteiger partial charge on any atom is -0.492 e. The van der Waals surface area contributed by atoms with E-state index in [4.69, 9.17) is 14.2 Å². The molecular weight excluding hydrogens is 382 g/mol. The van der Waals surface area contributed by atoms with Gasteiger partial charge in [-0.05, 0) is 43.7 Å². The maximum Gasteiger partial charge on any atom is 0.275 e. The minimum atomic E-state index is -0.0780. The normalized spacial score (nSPS) is 16.9. The Morgan fingerprint density at radius 3 is 2.73 bits per heavy atom. The average molecular weight is 413 g/mol. The molecule has 2 aromatic carbocycles. The summed E-state index contributed by atoms with van der Waals surface area (Å²) in [5.74, 6) is 2.49. The summed E-state index contributed by atoms with van der Waals surface area (Å²) in [7, 11) is 0. The maximum absolute atomic E-state index is 12.6. The van der Waals surface area contributed by atoms with Crippen LogP contribution in [0.15, 0.2) is 42.5 Å². The molecule has 7 nitrogen and oxygen atoms in total. The zero-order chi connectivity index (χ0) is 20.9. The number of hydrogen-bond acceptors (Lipinski definition) is 5. The first-order valence-electron chi connectivity index (χ1n) is 10.6. The molecule has 160 valence electrons. The van der Waals surface area contributed by atoms with Gasteiger partial charge in [-0.2, -0.15) is 0 Å². The molecule has 0 bridgehead atoms. The molecule has 2 N–H and O–H groups in total. The Hall–Kier alpha value is -2.93. The van der Waals surface area contributed by atoms with Gasteiger partial charge >= 0.3 is 0 Å². The van der Waals surface area contributed by atoms with E-state index in [2.05, 4.69) is 16.3 Å². The summed E-state index contributed by atoms with van der Waals surface area (Å²) < 4.78 is 16.6. The second-order valence-electron chi connectivity index (χ2n) is 7.72. The predicted molar refractivity (Wildman–Crippen MR) is 115 cm³/mol. The quantitative estimate of drug-likeness (QED) is 0.720. The first kappa shape index (κ1) is 20.3. The Morgan fingerprint density at radius 2 is 1.93 bits per heavy atom. The van der Waals surface area contributed by atoms with Crippen LogP contribution >= 0.6 is 0 Å². The van der Waals surface area contributed by atoms with Crippen molar-refractivity contribution >= 4 is 11.6 Å². The summed E-state index contributed by atoms with van der Waals surface area (Å²) in [6, 6.07) is 13.9. The van der Waals surface area contributed by atoms with Crippen LogP contribution in [0.25, 0.3) is 0 Å². The Morgan fingerprint density at radius 1 is 1.17 bits per heavy atom. The minimum absolute atomic E-state index is 0.0679. The van der Waals surface area contributed by atoms with E-state index in [9.17, 15) is 4.79 Å². The molecule has 0 aromatic heterocycles. The zero-order valence-electron chi connectivity index (χ0n) is 17.6. The summed E-state index contributed by atoms with van der Waals surface area (Å²) in [4.78, 5) is 16.2. The summed E-state index contributed by atoms with van der Waals surface area (Å²) in [6.07, 6.45) is 0. The highest BCUT2D eigenvalue weighted by atomic mass is 16.7. The monoisotopic (exact) mass is 412 g/mol. The largest absolute Gasteiger partial charge is 0.492 e. The number of para-hydroxylation sites is 2. The summed E-state index contributed by atoms with van der Waals surface area (Å²) in [5, 5.41) is 3.11. The van der Waals surface area contributed by atoms with Gasteiger partial charge in [0.25, 0.3) is 5.91 Å². The number of amides is 1. The fraction of sp³-hybridized carbons (Fsp3) is 0.435. The third-order valence-electron chi connectivity index (χ3n) is 5.66.